The van der Waals surface area contributed by atoms with Gasteiger partial charge >= 0.3 is 0 Å². The molecular formula is C19H21NO3S. The standard InChI is InChI=1S/C19H21NO3S/c21-13-15-5-7-16(8-6-15)14-24(23)12-10-19(22)20-11-9-17-3-1-2-4-18(17)20/h1-8,21H,9-14H2. The molecule has 2 aromatic carbocycles. The van der Waals surface area contributed by atoms with E-state index in [9.17, 15) is 9.00 Å². The van der Waals surface area contributed by atoms with Crippen LogP contribution >= 0.6 is 0 Å². The van der Waals surface area contributed by atoms with Gasteiger partial charge in [-0.05, 0) is 29.2 Å². The van der Waals surface area contributed by atoms with Crippen LogP contribution < -0.4 is 4.90 Å². The Labute approximate surface area is 144 Å². The van der Waals surface area contributed by atoms with E-state index >= 15 is 0 Å². The molecule has 1 heterocycles. The molecule has 1 amide bonds. The largest absolute Gasteiger partial charge is 0.392 e. The molecule has 0 bridgehead atoms. The van der Waals surface area contributed by atoms with Crippen molar-refractivity contribution in [3.05, 3.63) is 65.2 Å². The van der Waals surface area contributed by atoms with Gasteiger partial charge in [0.05, 0.1) is 6.61 Å². The lowest BCUT2D eigenvalue weighted by molar-refractivity contribution is -0.118. The number of para-hydroxylation sites is 1. The van der Waals surface area contributed by atoms with E-state index in [4.69, 9.17) is 5.11 Å². The average molecular weight is 343 g/mol. The van der Waals surface area contributed by atoms with Crippen molar-refractivity contribution < 1.29 is 14.1 Å². The summed E-state index contributed by atoms with van der Waals surface area (Å²) in [7, 11) is -1.07. The Morgan fingerprint density at radius 3 is 2.54 bits per heavy atom. The van der Waals surface area contributed by atoms with E-state index in [1.165, 1.54) is 5.56 Å². The predicted octanol–water partition coefficient (Wildman–Crippen LogP) is 2.41. The van der Waals surface area contributed by atoms with Crippen LogP contribution in [0, 0.1) is 0 Å². The first-order valence-corrected chi connectivity index (χ1v) is 9.58. The van der Waals surface area contributed by atoms with E-state index in [0.29, 0.717) is 24.5 Å². The van der Waals surface area contributed by atoms with Gasteiger partial charge in [0, 0.05) is 41.0 Å². The molecule has 1 aliphatic heterocycles. The van der Waals surface area contributed by atoms with Crippen molar-refractivity contribution in [2.24, 2.45) is 0 Å². The van der Waals surface area contributed by atoms with Crippen LogP contribution in [-0.4, -0.2) is 27.5 Å². The molecule has 126 valence electrons. The van der Waals surface area contributed by atoms with Crippen LogP contribution in [0.2, 0.25) is 0 Å². The van der Waals surface area contributed by atoms with Crippen LogP contribution in [0.15, 0.2) is 48.5 Å². The van der Waals surface area contributed by atoms with Crippen molar-refractivity contribution in [1.82, 2.24) is 0 Å². The molecule has 3 rings (SSSR count). The van der Waals surface area contributed by atoms with Crippen LogP contribution in [0.4, 0.5) is 5.69 Å². The number of rotatable bonds is 6. The maximum absolute atomic E-state index is 12.4. The number of nitrogens with zero attached hydrogens (tertiary/aromatic N) is 1. The number of benzene rings is 2. The van der Waals surface area contributed by atoms with Gasteiger partial charge in [-0.25, -0.2) is 0 Å². The van der Waals surface area contributed by atoms with Crippen molar-refractivity contribution in [1.29, 1.82) is 0 Å². The Bertz CT molecular complexity index is 743. The van der Waals surface area contributed by atoms with Crippen LogP contribution in [0.3, 0.4) is 0 Å². The third kappa shape index (κ3) is 3.91. The predicted molar refractivity (Wildman–Crippen MR) is 96.2 cm³/mol. The number of carbonyl (C=O) groups excluding carboxylic acids is 1. The number of aliphatic hydroxyl groups excluding tert-OH is 1. The molecule has 1 atom stereocenters. The second kappa shape index (κ2) is 7.73. The molecule has 1 aliphatic rings. The van der Waals surface area contributed by atoms with Gasteiger partial charge < -0.3 is 10.0 Å². The minimum Gasteiger partial charge on any atom is -0.392 e. The van der Waals surface area contributed by atoms with E-state index in [-0.39, 0.29) is 12.5 Å². The minimum atomic E-state index is -1.07. The Balaban J connectivity index is 1.52. The minimum absolute atomic E-state index is 0.00911. The second-order valence-electron chi connectivity index (χ2n) is 5.94. The van der Waals surface area contributed by atoms with E-state index in [0.717, 1.165) is 23.2 Å². The zero-order chi connectivity index (χ0) is 16.9. The summed E-state index contributed by atoms with van der Waals surface area (Å²) in [5, 5.41) is 9.03. The quantitative estimate of drug-likeness (QED) is 0.876. The molecule has 5 heteroatoms. The molecule has 0 aliphatic carbocycles. The third-order valence-electron chi connectivity index (χ3n) is 4.27. The monoisotopic (exact) mass is 343 g/mol. The first kappa shape index (κ1) is 16.9. The zero-order valence-electron chi connectivity index (χ0n) is 13.5. The second-order valence-corrected chi connectivity index (χ2v) is 7.51. The highest BCUT2D eigenvalue weighted by Crippen LogP contribution is 2.27. The van der Waals surface area contributed by atoms with Gasteiger partial charge in [0.25, 0.3) is 0 Å². The molecule has 1 N–H and O–H groups in total. The topological polar surface area (TPSA) is 57.6 Å². The molecule has 24 heavy (non-hydrogen) atoms. The smallest absolute Gasteiger partial charge is 0.227 e. The average Bonchev–Trinajstić information content (AvgIpc) is 3.04. The van der Waals surface area contributed by atoms with Crippen LogP contribution in [0.1, 0.15) is 23.1 Å². The van der Waals surface area contributed by atoms with Crippen LogP contribution in [0.25, 0.3) is 0 Å². The lowest BCUT2D eigenvalue weighted by Crippen LogP contribution is -2.29. The van der Waals surface area contributed by atoms with Crippen molar-refractivity contribution in [2.75, 3.05) is 17.2 Å². The van der Waals surface area contributed by atoms with Crippen molar-refractivity contribution in [3.8, 4) is 0 Å². The molecule has 2 aromatic rings. The highest BCUT2D eigenvalue weighted by Gasteiger charge is 2.24. The molecule has 1 unspecified atom stereocenters. The van der Waals surface area contributed by atoms with Crippen LogP contribution in [0.5, 0.6) is 0 Å². The number of fused-ring (bicyclic) bond motifs is 1. The Morgan fingerprint density at radius 2 is 1.79 bits per heavy atom. The molecule has 0 radical (unpaired) electrons. The summed E-state index contributed by atoms with van der Waals surface area (Å²) in [4.78, 5) is 14.2. The summed E-state index contributed by atoms with van der Waals surface area (Å²) >= 11 is 0. The lowest BCUT2D eigenvalue weighted by atomic mass is 10.2. The molecule has 0 fully saturated rings. The van der Waals surface area contributed by atoms with Gasteiger partial charge in [-0.2, -0.15) is 0 Å². The molecule has 4 nitrogen and oxygen atoms in total. The summed E-state index contributed by atoms with van der Waals surface area (Å²) in [6.45, 7) is 0.725. The molecule has 0 spiro atoms. The third-order valence-corrected chi connectivity index (χ3v) is 5.58. The summed E-state index contributed by atoms with van der Waals surface area (Å²) in [5.74, 6) is 0.860. The first-order chi connectivity index (χ1) is 11.7. The van der Waals surface area contributed by atoms with Crippen molar-refractivity contribution in [3.63, 3.8) is 0 Å². The van der Waals surface area contributed by atoms with E-state index < -0.39 is 10.8 Å². The summed E-state index contributed by atoms with van der Waals surface area (Å²) in [6, 6.07) is 15.4. The normalized spacial score (nSPS) is 14.5. The zero-order valence-corrected chi connectivity index (χ0v) is 14.3. The molecule has 0 aromatic heterocycles. The molecular weight excluding hydrogens is 322 g/mol. The Morgan fingerprint density at radius 1 is 1.08 bits per heavy atom. The summed E-state index contributed by atoms with van der Waals surface area (Å²) in [5.41, 5.74) is 4.00. The number of anilines is 1. The highest BCUT2D eigenvalue weighted by atomic mass is 32.2. The lowest BCUT2D eigenvalue weighted by Gasteiger charge is -2.17. The molecule has 0 saturated heterocycles. The fourth-order valence-electron chi connectivity index (χ4n) is 2.93. The van der Waals surface area contributed by atoms with Gasteiger partial charge in [-0.3, -0.25) is 9.00 Å². The number of aliphatic hydroxyl groups is 1. The van der Waals surface area contributed by atoms with Crippen molar-refractivity contribution in [2.45, 2.75) is 25.2 Å². The number of amides is 1. The highest BCUT2D eigenvalue weighted by molar-refractivity contribution is 7.84. The van der Waals surface area contributed by atoms with Gasteiger partial charge in [-0.15, -0.1) is 0 Å². The summed E-state index contributed by atoms with van der Waals surface area (Å²) < 4.78 is 12.2. The summed E-state index contributed by atoms with van der Waals surface area (Å²) in [6.07, 6.45) is 1.19. The maximum Gasteiger partial charge on any atom is 0.227 e. The van der Waals surface area contributed by atoms with E-state index in [2.05, 4.69) is 6.07 Å². The van der Waals surface area contributed by atoms with Gasteiger partial charge in [0.1, 0.15) is 0 Å². The van der Waals surface area contributed by atoms with Crippen LogP contribution in [-0.2, 0) is 34.4 Å². The first-order valence-electron chi connectivity index (χ1n) is 8.09. The number of hydrogen-bond acceptors (Lipinski definition) is 3. The maximum atomic E-state index is 12.4. The number of hydrogen-bond donors (Lipinski definition) is 1. The van der Waals surface area contributed by atoms with E-state index in [1.807, 2.05) is 47.4 Å². The Hall–Kier alpha value is -1.98. The van der Waals surface area contributed by atoms with Gasteiger partial charge in [-0.1, -0.05) is 42.5 Å². The Kier molecular flexibility index (Phi) is 5.43. The van der Waals surface area contributed by atoms with Gasteiger partial charge in [0.15, 0.2) is 0 Å². The molecule has 0 saturated carbocycles. The SMILES string of the molecule is O=C(CCS(=O)Cc1ccc(CO)cc1)N1CCc2ccccc21. The van der Waals surface area contributed by atoms with Crippen molar-refractivity contribution >= 4 is 22.4 Å². The fourth-order valence-corrected chi connectivity index (χ4v) is 4.04. The van der Waals surface area contributed by atoms with E-state index in [1.54, 1.807) is 0 Å². The number of carbonyl (C=O) groups is 1. The fraction of sp³-hybridized carbons (Fsp3) is 0.316. The van der Waals surface area contributed by atoms with Gasteiger partial charge in [0.2, 0.25) is 5.91 Å².